The molecule has 2 aliphatic rings. The number of likely N-dealkylation sites (tertiary alicyclic amines) is 1. The van der Waals surface area contributed by atoms with E-state index in [1.165, 1.54) is 51.7 Å². The number of carbonyl (C=O) groups is 1. The number of nitrogens with zero attached hydrogens (tertiary/aromatic N) is 1. The van der Waals surface area contributed by atoms with E-state index in [1.54, 1.807) is 7.11 Å². The highest BCUT2D eigenvalue weighted by Gasteiger charge is 2.22. The Hall–Kier alpha value is -1.81. The molecule has 0 unspecified atom stereocenters. The highest BCUT2D eigenvalue weighted by atomic mass is 16.5. The Bertz CT molecular complexity index is 606. The second-order valence-electron chi connectivity index (χ2n) is 7.71. The molecule has 1 aliphatic carbocycles. The van der Waals surface area contributed by atoms with E-state index >= 15 is 0 Å². The fourth-order valence-electron chi connectivity index (χ4n) is 4.10. The van der Waals surface area contributed by atoms with Gasteiger partial charge >= 0.3 is 0 Å². The van der Waals surface area contributed by atoms with Crippen LogP contribution in [-0.4, -0.2) is 37.6 Å². The number of hydrogen-bond acceptors (Lipinski definition) is 3. The average Bonchev–Trinajstić information content (AvgIpc) is 2.68. The highest BCUT2D eigenvalue weighted by Crippen LogP contribution is 2.25. The molecule has 0 spiro atoms. The Kier molecular flexibility index (Phi) is 7.13. The monoisotopic (exact) mass is 356 g/mol. The van der Waals surface area contributed by atoms with Gasteiger partial charge in [0.05, 0.1) is 7.11 Å². The van der Waals surface area contributed by atoms with Gasteiger partial charge in [0.15, 0.2) is 0 Å². The maximum Gasteiger partial charge on any atom is 0.224 e. The van der Waals surface area contributed by atoms with Crippen molar-refractivity contribution in [2.24, 2.45) is 11.8 Å². The van der Waals surface area contributed by atoms with Crippen LogP contribution in [0.4, 0.5) is 5.69 Å². The Morgan fingerprint density at radius 2 is 2.04 bits per heavy atom. The van der Waals surface area contributed by atoms with Crippen LogP contribution in [0.25, 0.3) is 0 Å². The molecule has 1 amide bonds. The van der Waals surface area contributed by atoms with Crippen molar-refractivity contribution in [1.82, 2.24) is 4.90 Å². The molecule has 1 aromatic rings. The number of nitrogens with one attached hydrogen (secondary N) is 1. The van der Waals surface area contributed by atoms with Crippen LogP contribution in [0.3, 0.4) is 0 Å². The molecule has 1 aromatic carbocycles. The number of piperidine rings is 1. The van der Waals surface area contributed by atoms with Gasteiger partial charge in [-0.05, 0) is 75.6 Å². The van der Waals surface area contributed by atoms with Gasteiger partial charge in [-0.25, -0.2) is 0 Å². The molecule has 1 N–H and O–H groups in total. The van der Waals surface area contributed by atoms with Gasteiger partial charge in [0.25, 0.3) is 0 Å². The minimum atomic E-state index is 0.106. The molecule has 26 heavy (non-hydrogen) atoms. The topological polar surface area (TPSA) is 41.6 Å². The van der Waals surface area contributed by atoms with Crippen molar-refractivity contribution in [1.29, 1.82) is 0 Å². The van der Waals surface area contributed by atoms with Gasteiger partial charge < -0.3 is 15.0 Å². The highest BCUT2D eigenvalue weighted by molar-refractivity contribution is 5.90. The number of anilines is 1. The van der Waals surface area contributed by atoms with E-state index in [1.807, 2.05) is 24.3 Å². The van der Waals surface area contributed by atoms with E-state index in [2.05, 4.69) is 22.4 Å². The number of amides is 1. The summed E-state index contributed by atoms with van der Waals surface area (Å²) in [6.45, 7) is 3.65. The summed E-state index contributed by atoms with van der Waals surface area (Å²) in [5.74, 6) is 2.41. The van der Waals surface area contributed by atoms with Crippen LogP contribution in [-0.2, 0) is 4.79 Å². The number of carbonyl (C=O) groups excluding carboxylic acids is 1. The minimum absolute atomic E-state index is 0.106. The van der Waals surface area contributed by atoms with Gasteiger partial charge in [0, 0.05) is 24.7 Å². The molecule has 142 valence electrons. The van der Waals surface area contributed by atoms with Gasteiger partial charge in [-0.15, -0.1) is 0 Å². The first-order valence-electron chi connectivity index (χ1n) is 10.0. The van der Waals surface area contributed by atoms with Crippen molar-refractivity contribution >= 4 is 11.6 Å². The molecule has 1 atom stereocenters. The van der Waals surface area contributed by atoms with Crippen LogP contribution in [0.15, 0.2) is 36.4 Å². The first kappa shape index (κ1) is 19.0. The SMILES string of the molecule is COc1cccc(NC(=O)CCC2CCN(C[C@H]3CC=CCC3)CC2)c1. The molecule has 1 heterocycles. The number of methoxy groups -OCH3 is 1. The fourth-order valence-corrected chi connectivity index (χ4v) is 4.10. The molecule has 0 aromatic heterocycles. The van der Waals surface area contributed by atoms with Gasteiger partial charge in [0.1, 0.15) is 5.75 Å². The summed E-state index contributed by atoms with van der Waals surface area (Å²) < 4.78 is 5.20. The zero-order chi connectivity index (χ0) is 18.2. The van der Waals surface area contributed by atoms with E-state index in [0.717, 1.165) is 23.8 Å². The lowest BCUT2D eigenvalue weighted by molar-refractivity contribution is -0.116. The lowest BCUT2D eigenvalue weighted by Crippen LogP contribution is -2.37. The first-order valence-corrected chi connectivity index (χ1v) is 10.0. The molecule has 0 saturated carbocycles. The van der Waals surface area contributed by atoms with Crippen molar-refractivity contribution in [2.45, 2.75) is 44.9 Å². The predicted octanol–water partition coefficient (Wildman–Crippen LogP) is 4.48. The molecule has 3 rings (SSSR count). The molecule has 0 bridgehead atoms. The first-order chi connectivity index (χ1) is 12.7. The Labute approximate surface area is 157 Å². The maximum absolute atomic E-state index is 12.2. The van der Waals surface area contributed by atoms with Crippen LogP contribution in [0, 0.1) is 11.8 Å². The van der Waals surface area contributed by atoms with Gasteiger partial charge in [-0.3, -0.25) is 4.79 Å². The molecule has 4 heteroatoms. The van der Waals surface area contributed by atoms with E-state index in [-0.39, 0.29) is 5.91 Å². The molecular formula is C22H32N2O2. The zero-order valence-corrected chi connectivity index (χ0v) is 16.0. The van der Waals surface area contributed by atoms with Crippen LogP contribution >= 0.6 is 0 Å². The summed E-state index contributed by atoms with van der Waals surface area (Å²) in [4.78, 5) is 14.8. The summed E-state index contributed by atoms with van der Waals surface area (Å²) >= 11 is 0. The molecule has 1 aliphatic heterocycles. The molecule has 0 radical (unpaired) electrons. The quantitative estimate of drug-likeness (QED) is 0.732. The summed E-state index contributed by atoms with van der Waals surface area (Å²) in [6.07, 6.45) is 12.6. The lowest BCUT2D eigenvalue weighted by atomic mass is 9.89. The summed E-state index contributed by atoms with van der Waals surface area (Å²) in [5.41, 5.74) is 0.811. The number of hydrogen-bond donors (Lipinski definition) is 1. The van der Waals surface area contributed by atoms with Crippen molar-refractivity contribution in [3.05, 3.63) is 36.4 Å². The van der Waals surface area contributed by atoms with Crippen LogP contribution in [0.2, 0.25) is 0 Å². The third-order valence-electron chi connectivity index (χ3n) is 5.73. The van der Waals surface area contributed by atoms with Crippen LogP contribution < -0.4 is 10.1 Å². The Morgan fingerprint density at radius 3 is 2.77 bits per heavy atom. The molecule has 4 nitrogen and oxygen atoms in total. The predicted molar refractivity (Wildman–Crippen MR) is 107 cm³/mol. The standard InChI is InChI=1S/C22H32N2O2/c1-26-21-9-5-8-20(16-21)23-22(25)11-10-18-12-14-24(15-13-18)17-19-6-3-2-4-7-19/h2-3,5,8-9,16,18-19H,4,6-7,10-15,17H2,1H3,(H,23,25)/t19-/m0/s1. The van der Waals surface area contributed by atoms with Gasteiger partial charge in [0.2, 0.25) is 5.91 Å². The van der Waals surface area contributed by atoms with Crippen molar-refractivity contribution in [3.8, 4) is 5.75 Å². The lowest BCUT2D eigenvalue weighted by Gasteiger charge is -2.34. The van der Waals surface area contributed by atoms with E-state index in [9.17, 15) is 4.79 Å². The maximum atomic E-state index is 12.2. The van der Waals surface area contributed by atoms with Crippen LogP contribution in [0.1, 0.15) is 44.9 Å². The number of ether oxygens (including phenoxy) is 1. The summed E-state index contributed by atoms with van der Waals surface area (Å²) in [6, 6.07) is 7.54. The van der Waals surface area contributed by atoms with Gasteiger partial charge in [-0.1, -0.05) is 18.2 Å². The van der Waals surface area contributed by atoms with Crippen LogP contribution in [0.5, 0.6) is 5.75 Å². The van der Waals surface area contributed by atoms with Gasteiger partial charge in [-0.2, -0.15) is 0 Å². The number of benzene rings is 1. The average molecular weight is 357 g/mol. The second kappa shape index (κ2) is 9.77. The second-order valence-corrected chi connectivity index (χ2v) is 7.71. The van der Waals surface area contributed by atoms with E-state index in [0.29, 0.717) is 12.3 Å². The summed E-state index contributed by atoms with van der Waals surface area (Å²) in [5, 5.41) is 2.98. The smallest absolute Gasteiger partial charge is 0.224 e. The fraction of sp³-hybridized carbons (Fsp3) is 0.591. The Balaban J connectivity index is 1.34. The largest absolute Gasteiger partial charge is 0.497 e. The molecule has 1 saturated heterocycles. The summed E-state index contributed by atoms with van der Waals surface area (Å²) in [7, 11) is 1.64. The van der Waals surface area contributed by atoms with Crippen molar-refractivity contribution in [3.63, 3.8) is 0 Å². The number of rotatable bonds is 7. The molecule has 1 fully saturated rings. The van der Waals surface area contributed by atoms with Crippen molar-refractivity contribution in [2.75, 3.05) is 32.1 Å². The normalized spacial score (nSPS) is 21.5. The third kappa shape index (κ3) is 5.87. The van der Waals surface area contributed by atoms with E-state index in [4.69, 9.17) is 4.74 Å². The van der Waals surface area contributed by atoms with Crippen molar-refractivity contribution < 1.29 is 9.53 Å². The van der Waals surface area contributed by atoms with E-state index < -0.39 is 0 Å². The minimum Gasteiger partial charge on any atom is -0.497 e. The zero-order valence-electron chi connectivity index (χ0n) is 16.0. The Morgan fingerprint density at radius 1 is 1.19 bits per heavy atom. The number of allylic oxidation sites excluding steroid dienone is 2. The molecular weight excluding hydrogens is 324 g/mol. The third-order valence-corrected chi connectivity index (χ3v) is 5.73.